The Hall–Kier alpha value is -3.08. The van der Waals surface area contributed by atoms with Crippen LogP contribution in [0.2, 0.25) is 0 Å². The molecule has 1 heterocycles. The molecule has 0 bridgehead atoms. The third-order valence-corrected chi connectivity index (χ3v) is 3.72. The molecule has 0 radical (unpaired) electrons. The van der Waals surface area contributed by atoms with Crippen molar-refractivity contribution in [2.24, 2.45) is 4.99 Å². The van der Waals surface area contributed by atoms with Gasteiger partial charge in [0.25, 0.3) is 0 Å². The fraction of sp³-hybridized carbons (Fsp3) is 0.158. The Morgan fingerprint density at radius 2 is 1.83 bits per heavy atom. The molecule has 0 saturated carbocycles. The van der Waals surface area contributed by atoms with Crippen LogP contribution in [-0.2, 0) is 9.53 Å². The second kappa shape index (κ2) is 6.58. The van der Waals surface area contributed by atoms with Crippen LogP contribution < -0.4 is 9.47 Å². The summed E-state index contributed by atoms with van der Waals surface area (Å²) in [6.07, 6.45) is 1.63. The predicted molar refractivity (Wildman–Crippen MR) is 91.3 cm³/mol. The van der Waals surface area contributed by atoms with Crippen molar-refractivity contribution in [1.82, 2.24) is 0 Å². The molecule has 0 atom stereocenters. The molecule has 0 N–H and O–H groups in total. The van der Waals surface area contributed by atoms with E-state index in [9.17, 15) is 4.79 Å². The smallest absolute Gasteiger partial charge is 0.363 e. The van der Waals surface area contributed by atoms with Crippen molar-refractivity contribution in [2.75, 3.05) is 14.2 Å². The zero-order chi connectivity index (χ0) is 17.1. The van der Waals surface area contributed by atoms with E-state index in [2.05, 4.69) is 4.99 Å². The first-order chi connectivity index (χ1) is 11.6. The van der Waals surface area contributed by atoms with E-state index in [1.165, 1.54) is 0 Å². The average Bonchev–Trinajstić information content (AvgIpc) is 2.95. The van der Waals surface area contributed by atoms with Gasteiger partial charge in [0.2, 0.25) is 5.90 Å². The lowest BCUT2D eigenvalue weighted by atomic mass is 10.1. The van der Waals surface area contributed by atoms with Crippen LogP contribution in [-0.4, -0.2) is 26.1 Å². The Kier molecular flexibility index (Phi) is 4.33. The van der Waals surface area contributed by atoms with Crippen molar-refractivity contribution in [3.05, 3.63) is 64.9 Å². The summed E-state index contributed by atoms with van der Waals surface area (Å²) in [6, 6.07) is 13.0. The van der Waals surface area contributed by atoms with Crippen LogP contribution in [0.4, 0.5) is 0 Å². The first-order valence-electron chi connectivity index (χ1n) is 7.43. The number of nitrogens with zero attached hydrogens (tertiary/aromatic N) is 1. The van der Waals surface area contributed by atoms with Gasteiger partial charge in [-0.25, -0.2) is 9.79 Å². The maximum atomic E-state index is 12.2. The summed E-state index contributed by atoms with van der Waals surface area (Å²) in [4.78, 5) is 16.5. The van der Waals surface area contributed by atoms with Gasteiger partial charge in [-0.05, 0) is 30.7 Å². The monoisotopic (exact) mass is 323 g/mol. The quantitative estimate of drug-likeness (QED) is 0.639. The number of aliphatic imine (C=N–C) groups is 1. The third-order valence-electron chi connectivity index (χ3n) is 3.72. The fourth-order valence-corrected chi connectivity index (χ4v) is 2.51. The maximum absolute atomic E-state index is 12.2. The molecule has 1 aliphatic heterocycles. The van der Waals surface area contributed by atoms with Crippen molar-refractivity contribution in [1.29, 1.82) is 0 Å². The van der Waals surface area contributed by atoms with Gasteiger partial charge in [-0.15, -0.1) is 0 Å². The molecule has 2 aromatic carbocycles. The second-order valence-electron chi connectivity index (χ2n) is 5.23. The van der Waals surface area contributed by atoms with Crippen molar-refractivity contribution >= 4 is 17.9 Å². The standard InChI is InChI=1S/C19H17NO4/c1-12-7-4-5-9-14(12)18-20-15(19(21)24-18)11-13-8-6-10-16(22-2)17(13)23-3/h4-11H,1-3H3/b15-11+. The van der Waals surface area contributed by atoms with Crippen molar-refractivity contribution in [2.45, 2.75) is 6.92 Å². The van der Waals surface area contributed by atoms with Gasteiger partial charge < -0.3 is 14.2 Å². The molecular weight excluding hydrogens is 306 g/mol. The van der Waals surface area contributed by atoms with Gasteiger partial charge in [0.05, 0.1) is 14.2 Å². The van der Waals surface area contributed by atoms with Crippen LogP contribution in [0, 0.1) is 6.92 Å². The minimum Gasteiger partial charge on any atom is -0.493 e. The summed E-state index contributed by atoms with van der Waals surface area (Å²) in [5.41, 5.74) is 2.70. The van der Waals surface area contributed by atoms with Crippen LogP contribution >= 0.6 is 0 Å². The number of rotatable bonds is 4. The molecule has 0 fully saturated rings. The van der Waals surface area contributed by atoms with Crippen molar-refractivity contribution in [3.63, 3.8) is 0 Å². The number of carbonyl (C=O) groups excluding carboxylic acids is 1. The number of benzene rings is 2. The second-order valence-corrected chi connectivity index (χ2v) is 5.23. The van der Waals surface area contributed by atoms with Crippen molar-refractivity contribution < 1.29 is 19.0 Å². The van der Waals surface area contributed by atoms with Crippen molar-refractivity contribution in [3.8, 4) is 11.5 Å². The number of methoxy groups -OCH3 is 2. The van der Waals surface area contributed by atoms with Gasteiger partial charge in [-0.1, -0.05) is 30.3 Å². The molecule has 5 heteroatoms. The highest BCUT2D eigenvalue weighted by atomic mass is 16.6. The van der Waals surface area contributed by atoms with E-state index in [1.807, 2.05) is 43.3 Å². The highest BCUT2D eigenvalue weighted by Crippen LogP contribution is 2.33. The minimum atomic E-state index is -0.488. The van der Waals surface area contributed by atoms with Crippen LogP contribution in [0.15, 0.2) is 53.2 Å². The topological polar surface area (TPSA) is 57.1 Å². The highest BCUT2D eigenvalue weighted by Gasteiger charge is 2.25. The number of esters is 1. The van der Waals surface area contributed by atoms with E-state index in [-0.39, 0.29) is 5.70 Å². The summed E-state index contributed by atoms with van der Waals surface area (Å²) >= 11 is 0. The number of cyclic esters (lactones) is 1. The number of carbonyl (C=O) groups is 1. The van der Waals surface area contributed by atoms with E-state index in [0.717, 1.165) is 11.1 Å². The minimum absolute atomic E-state index is 0.222. The predicted octanol–water partition coefficient (Wildman–Crippen LogP) is 3.36. The van der Waals surface area contributed by atoms with E-state index in [4.69, 9.17) is 14.2 Å². The van der Waals surface area contributed by atoms with E-state index < -0.39 is 5.97 Å². The fourth-order valence-electron chi connectivity index (χ4n) is 2.51. The number of ether oxygens (including phenoxy) is 3. The Balaban J connectivity index is 2.03. The summed E-state index contributed by atoms with van der Waals surface area (Å²) < 4.78 is 16.0. The first kappa shape index (κ1) is 15.8. The van der Waals surface area contributed by atoms with Crippen LogP contribution in [0.3, 0.4) is 0 Å². The Bertz CT molecular complexity index is 852. The summed E-state index contributed by atoms with van der Waals surface area (Å²) in [6.45, 7) is 1.94. The van der Waals surface area contributed by atoms with Gasteiger partial charge in [0.15, 0.2) is 17.2 Å². The molecule has 2 aromatic rings. The molecule has 0 saturated heterocycles. The van der Waals surface area contributed by atoms with Gasteiger partial charge in [-0.2, -0.15) is 0 Å². The normalized spacial score (nSPS) is 15.2. The lowest BCUT2D eigenvalue weighted by Gasteiger charge is -2.09. The molecule has 0 aromatic heterocycles. The molecule has 3 rings (SSSR count). The Morgan fingerprint density at radius 1 is 1.04 bits per heavy atom. The van der Waals surface area contributed by atoms with E-state index in [1.54, 1.807) is 26.4 Å². The summed E-state index contributed by atoms with van der Waals surface area (Å²) in [5.74, 6) is 0.950. The Morgan fingerprint density at radius 3 is 2.54 bits per heavy atom. The van der Waals surface area contributed by atoms with E-state index >= 15 is 0 Å². The number of hydrogen-bond acceptors (Lipinski definition) is 5. The zero-order valence-electron chi connectivity index (χ0n) is 13.7. The molecule has 1 aliphatic rings. The Labute approximate surface area is 140 Å². The third kappa shape index (κ3) is 2.88. The van der Waals surface area contributed by atoms with Gasteiger partial charge in [-0.3, -0.25) is 0 Å². The van der Waals surface area contributed by atoms with Gasteiger partial charge in [0.1, 0.15) is 0 Å². The lowest BCUT2D eigenvalue weighted by Crippen LogP contribution is -2.06. The SMILES string of the molecule is COc1cccc(/C=C2/N=C(c3ccccc3C)OC2=O)c1OC. The molecule has 122 valence electrons. The first-order valence-corrected chi connectivity index (χ1v) is 7.43. The zero-order valence-corrected chi connectivity index (χ0v) is 13.7. The highest BCUT2D eigenvalue weighted by molar-refractivity contribution is 6.13. The van der Waals surface area contributed by atoms with Gasteiger partial charge >= 0.3 is 5.97 Å². The maximum Gasteiger partial charge on any atom is 0.363 e. The van der Waals surface area contributed by atoms with Gasteiger partial charge in [0, 0.05) is 11.1 Å². The summed E-state index contributed by atoms with van der Waals surface area (Å²) in [5, 5.41) is 0. The molecule has 5 nitrogen and oxygen atoms in total. The van der Waals surface area contributed by atoms with E-state index in [0.29, 0.717) is 23.0 Å². The van der Waals surface area contributed by atoms with Crippen LogP contribution in [0.5, 0.6) is 11.5 Å². The summed E-state index contributed by atoms with van der Waals surface area (Å²) in [7, 11) is 3.11. The molecule has 0 spiro atoms. The number of para-hydroxylation sites is 1. The number of hydrogen-bond donors (Lipinski definition) is 0. The number of aryl methyl sites for hydroxylation is 1. The molecule has 24 heavy (non-hydrogen) atoms. The lowest BCUT2D eigenvalue weighted by molar-refractivity contribution is -0.129. The van der Waals surface area contributed by atoms with Crippen LogP contribution in [0.25, 0.3) is 6.08 Å². The molecule has 0 amide bonds. The average molecular weight is 323 g/mol. The van der Waals surface area contributed by atoms with Crippen LogP contribution in [0.1, 0.15) is 16.7 Å². The molecule has 0 aliphatic carbocycles. The molecular formula is C19H17NO4. The molecule has 0 unspecified atom stereocenters. The largest absolute Gasteiger partial charge is 0.493 e.